The lowest BCUT2D eigenvalue weighted by Gasteiger charge is -1.97. The molecule has 0 aromatic rings. The monoisotopic (exact) mass is 220 g/mol. The van der Waals surface area contributed by atoms with Crippen LogP contribution in [0, 0.1) is 13.8 Å². The summed E-state index contributed by atoms with van der Waals surface area (Å²) in [6.45, 7) is 7.65. The van der Waals surface area contributed by atoms with Gasteiger partial charge in [-0.3, -0.25) is 0 Å². The van der Waals surface area contributed by atoms with Crippen molar-refractivity contribution in [2.45, 2.75) is 64.2 Å². The second-order valence-corrected chi connectivity index (χ2v) is 4.23. The standard InChI is InChI=1S/C16H28/c1-3-5-7-9-11-13-15-16-14-12-10-8-6-4-2/h7,9,13,15H,1-6,8,10-12,14,16H2. The first kappa shape index (κ1) is 15.5. The van der Waals surface area contributed by atoms with Gasteiger partial charge in [0.05, 0.1) is 0 Å². The van der Waals surface area contributed by atoms with E-state index in [1.165, 1.54) is 38.5 Å². The first-order chi connectivity index (χ1) is 7.91. The van der Waals surface area contributed by atoms with E-state index >= 15 is 0 Å². The van der Waals surface area contributed by atoms with Crippen LogP contribution in [-0.2, 0) is 0 Å². The first-order valence-corrected chi connectivity index (χ1v) is 6.80. The third-order valence-electron chi connectivity index (χ3n) is 2.60. The fourth-order valence-corrected chi connectivity index (χ4v) is 1.59. The van der Waals surface area contributed by atoms with Crippen LogP contribution in [0.3, 0.4) is 0 Å². The summed E-state index contributed by atoms with van der Waals surface area (Å²) in [5.74, 6) is 0. The number of allylic oxidation sites excluding steroid dienone is 4. The highest BCUT2D eigenvalue weighted by Gasteiger charge is 1.87. The highest BCUT2D eigenvalue weighted by Crippen LogP contribution is 2.07. The van der Waals surface area contributed by atoms with Crippen LogP contribution in [0.5, 0.6) is 0 Å². The summed E-state index contributed by atoms with van der Waals surface area (Å²) in [5.41, 5.74) is 0. The van der Waals surface area contributed by atoms with Crippen LogP contribution in [0.4, 0.5) is 0 Å². The van der Waals surface area contributed by atoms with Crippen molar-refractivity contribution in [3.63, 3.8) is 0 Å². The quantitative estimate of drug-likeness (QED) is 0.311. The Labute approximate surface area is 103 Å². The number of unbranched alkanes of at least 4 members (excludes halogenated alkanes) is 7. The van der Waals surface area contributed by atoms with Crippen molar-refractivity contribution < 1.29 is 0 Å². The van der Waals surface area contributed by atoms with Gasteiger partial charge in [-0.25, -0.2) is 0 Å². The van der Waals surface area contributed by atoms with Gasteiger partial charge in [0.25, 0.3) is 0 Å². The summed E-state index contributed by atoms with van der Waals surface area (Å²) in [7, 11) is 0. The zero-order valence-electron chi connectivity index (χ0n) is 10.8. The normalized spacial score (nSPS) is 11.9. The van der Waals surface area contributed by atoms with E-state index in [9.17, 15) is 0 Å². The van der Waals surface area contributed by atoms with Gasteiger partial charge in [-0.1, -0.05) is 70.3 Å². The van der Waals surface area contributed by atoms with Gasteiger partial charge in [0, 0.05) is 0 Å². The molecule has 92 valence electrons. The van der Waals surface area contributed by atoms with E-state index in [0.717, 1.165) is 25.7 Å². The van der Waals surface area contributed by atoms with E-state index < -0.39 is 0 Å². The Morgan fingerprint density at radius 2 is 1.19 bits per heavy atom. The SMILES string of the molecule is [CH2]CCC=CCC=CCCCCCCC[CH2]. The molecule has 0 bridgehead atoms. The molecule has 0 unspecified atom stereocenters. The molecule has 0 rings (SSSR count). The van der Waals surface area contributed by atoms with Crippen LogP contribution < -0.4 is 0 Å². The molecule has 0 saturated carbocycles. The van der Waals surface area contributed by atoms with Crippen LogP contribution in [0.1, 0.15) is 64.2 Å². The van der Waals surface area contributed by atoms with E-state index in [-0.39, 0.29) is 0 Å². The highest BCUT2D eigenvalue weighted by molar-refractivity contribution is 4.92. The summed E-state index contributed by atoms with van der Waals surface area (Å²) < 4.78 is 0. The predicted octanol–water partition coefficient (Wildman–Crippen LogP) is 5.67. The highest BCUT2D eigenvalue weighted by atomic mass is 13.9. The minimum atomic E-state index is 1.01. The van der Waals surface area contributed by atoms with Gasteiger partial charge in [-0.15, -0.1) is 0 Å². The Bertz CT molecular complexity index is 165. The maximum absolute atomic E-state index is 3.85. The minimum absolute atomic E-state index is 1.01. The lowest BCUT2D eigenvalue weighted by Crippen LogP contribution is -1.77. The summed E-state index contributed by atoms with van der Waals surface area (Å²) in [6.07, 6.45) is 21.3. The Kier molecular flexibility index (Phi) is 14.0. The van der Waals surface area contributed by atoms with Gasteiger partial charge >= 0.3 is 0 Å². The average Bonchev–Trinajstić information content (AvgIpc) is 2.31. The summed E-state index contributed by atoms with van der Waals surface area (Å²) >= 11 is 0. The van der Waals surface area contributed by atoms with Crippen LogP contribution in [0.2, 0.25) is 0 Å². The molecule has 0 heteroatoms. The maximum Gasteiger partial charge on any atom is -0.0169 e. The lowest BCUT2D eigenvalue weighted by atomic mass is 10.1. The largest absolute Gasteiger partial charge is 0.0882 e. The van der Waals surface area contributed by atoms with Gasteiger partial charge in [-0.2, -0.15) is 0 Å². The fourth-order valence-electron chi connectivity index (χ4n) is 1.59. The van der Waals surface area contributed by atoms with Crippen LogP contribution in [0.15, 0.2) is 24.3 Å². The van der Waals surface area contributed by atoms with E-state index in [1.807, 2.05) is 0 Å². The van der Waals surface area contributed by atoms with Gasteiger partial charge in [0.2, 0.25) is 0 Å². The Morgan fingerprint density at radius 3 is 1.88 bits per heavy atom. The van der Waals surface area contributed by atoms with Crippen molar-refractivity contribution >= 4 is 0 Å². The van der Waals surface area contributed by atoms with Gasteiger partial charge in [-0.05, 0) is 32.1 Å². The number of hydrogen-bond acceptors (Lipinski definition) is 0. The molecule has 0 aromatic heterocycles. The molecule has 0 heterocycles. The summed E-state index contributed by atoms with van der Waals surface area (Å²) in [6, 6.07) is 0. The van der Waals surface area contributed by atoms with Crippen molar-refractivity contribution in [3.8, 4) is 0 Å². The molecule has 0 aliphatic carbocycles. The van der Waals surface area contributed by atoms with Gasteiger partial charge in [0.15, 0.2) is 0 Å². The van der Waals surface area contributed by atoms with Gasteiger partial charge < -0.3 is 0 Å². The molecule has 0 aromatic carbocycles. The number of hydrogen-bond donors (Lipinski definition) is 0. The van der Waals surface area contributed by atoms with E-state index in [0.29, 0.717) is 0 Å². The average molecular weight is 220 g/mol. The molecule has 0 aliphatic rings. The third-order valence-corrected chi connectivity index (χ3v) is 2.60. The lowest BCUT2D eigenvalue weighted by molar-refractivity contribution is 0.621. The van der Waals surface area contributed by atoms with Crippen molar-refractivity contribution in [1.29, 1.82) is 0 Å². The first-order valence-electron chi connectivity index (χ1n) is 6.80. The summed E-state index contributed by atoms with van der Waals surface area (Å²) in [4.78, 5) is 0. The second kappa shape index (κ2) is 14.5. The van der Waals surface area contributed by atoms with Crippen LogP contribution >= 0.6 is 0 Å². The fraction of sp³-hybridized carbons (Fsp3) is 0.625. The second-order valence-electron chi connectivity index (χ2n) is 4.23. The maximum atomic E-state index is 3.85. The van der Waals surface area contributed by atoms with Crippen molar-refractivity contribution in [2.24, 2.45) is 0 Å². The third kappa shape index (κ3) is 13.5. The smallest absolute Gasteiger partial charge is 0.0169 e. The predicted molar refractivity (Wildman–Crippen MR) is 75.2 cm³/mol. The topological polar surface area (TPSA) is 0 Å². The molecule has 16 heavy (non-hydrogen) atoms. The molecule has 0 fully saturated rings. The Hall–Kier alpha value is -0.520. The minimum Gasteiger partial charge on any atom is -0.0882 e. The molecule has 0 saturated heterocycles. The molecule has 0 nitrogen and oxygen atoms in total. The number of rotatable bonds is 11. The van der Waals surface area contributed by atoms with E-state index in [4.69, 9.17) is 0 Å². The van der Waals surface area contributed by atoms with Crippen LogP contribution in [-0.4, -0.2) is 0 Å². The molecule has 0 aliphatic heterocycles. The van der Waals surface area contributed by atoms with Crippen molar-refractivity contribution in [2.75, 3.05) is 0 Å². The molecule has 0 atom stereocenters. The molecule has 0 N–H and O–H groups in total. The van der Waals surface area contributed by atoms with Crippen molar-refractivity contribution in [1.82, 2.24) is 0 Å². The molecule has 2 radical (unpaired) electrons. The molecular formula is C16H28. The van der Waals surface area contributed by atoms with Crippen molar-refractivity contribution in [3.05, 3.63) is 38.2 Å². The molecular weight excluding hydrogens is 192 g/mol. The van der Waals surface area contributed by atoms with E-state index in [1.54, 1.807) is 0 Å². The summed E-state index contributed by atoms with van der Waals surface area (Å²) in [5, 5.41) is 0. The zero-order valence-corrected chi connectivity index (χ0v) is 10.8. The van der Waals surface area contributed by atoms with Gasteiger partial charge in [0.1, 0.15) is 0 Å². The molecule has 0 amide bonds. The molecule has 0 spiro atoms. The zero-order chi connectivity index (χ0) is 11.9. The Morgan fingerprint density at radius 1 is 0.562 bits per heavy atom. The van der Waals surface area contributed by atoms with E-state index in [2.05, 4.69) is 38.2 Å². The Balaban J connectivity index is 3.09. The van der Waals surface area contributed by atoms with Crippen LogP contribution in [0.25, 0.3) is 0 Å².